The number of fused-ring (bicyclic) bond motifs is 2. The number of Topliss-reactive ketones (excluding diaryl/α,β-unsaturated/α-hetero) is 1. The number of halogens is 1. The Hall–Kier alpha value is -3.79. The molecule has 1 saturated heterocycles. The number of hydrogen-bond donors (Lipinski definition) is 1. The number of likely N-dealkylation sites (tertiary alicyclic amines) is 1. The Labute approximate surface area is 279 Å². The Morgan fingerprint density at radius 1 is 1.11 bits per heavy atom. The number of carbonyl (C=O) groups excluding carboxylic acids is 2. The van der Waals surface area contributed by atoms with Gasteiger partial charge < -0.3 is 19.1 Å². The first kappa shape index (κ1) is 33.6. The molecule has 2 aliphatic rings. The molecule has 6 rings (SSSR count). The fourth-order valence-electron chi connectivity index (χ4n) is 6.91. The van der Waals surface area contributed by atoms with Gasteiger partial charge in [-0.1, -0.05) is 23.8 Å². The van der Waals surface area contributed by atoms with Crippen LogP contribution in [-0.4, -0.2) is 64.7 Å². The molecule has 46 heavy (non-hydrogen) atoms. The lowest BCUT2D eigenvalue weighted by atomic mass is 9.69. The second kappa shape index (κ2) is 13.9. The molecular formula is C37H42BrN3O5. The van der Waals surface area contributed by atoms with Gasteiger partial charge in [-0.25, -0.2) is 4.79 Å². The molecule has 242 valence electrons. The van der Waals surface area contributed by atoms with Crippen molar-refractivity contribution in [3.05, 3.63) is 105 Å². The van der Waals surface area contributed by atoms with E-state index in [0.29, 0.717) is 24.2 Å². The van der Waals surface area contributed by atoms with Crippen molar-refractivity contribution in [1.82, 2.24) is 14.5 Å². The average molecular weight is 689 g/mol. The van der Waals surface area contributed by atoms with E-state index < -0.39 is 5.60 Å². The van der Waals surface area contributed by atoms with Crippen molar-refractivity contribution in [2.75, 3.05) is 27.3 Å². The van der Waals surface area contributed by atoms with Crippen LogP contribution in [0.1, 0.15) is 64.6 Å². The predicted octanol–water partition coefficient (Wildman–Crippen LogP) is 7.01. The number of benzene rings is 2. The van der Waals surface area contributed by atoms with Gasteiger partial charge in [0, 0.05) is 72.2 Å². The van der Waals surface area contributed by atoms with Gasteiger partial charge in [0.15, 0.2) is 5.78 Å². The summed E-state index contributed by atoms with van der Waals surface area (Å²) < 4.78 is 15.0. The normalized spacial score (nSPS) is 20.3. The lowest BCUT2D eigenvalue weighted by Gasteiger charge is -2.53. The molecule has 3 unspecified atom stereocenters. The smallest absolute Gasteiger partial charge is 0.339 e. The summed E-state index contributed by atoms with van der Waals surface area (Å²) in [5.41, 5.74) is 6.53. The molecule has 3 heterocycles. The largest absolute Gasteiger partial charge is 0.508 e. The van der Waals surface area contributed by atoms with Gasteiger partial charge in [-0.15, -0.1) is 0 Å². The third-order valence-electron chi connectivity index (χ3n) is 9.14. The molecular weight excluding hydrogens is 646 g/mol. The summed E-state index contributed by atoms with van der Waals surface area (Å²) in [7, 11) is 6.07. The highest BCUT2D eigenvalue weighted by molar-refractivity contribution is 9.10. The summed E-state index contributed by atoms with van der Waals surface area (Å²) in [6.07, 6.45) is 9.89. The molecule has 2 aromatic heterocycles. The number of methoxy groups -OCH3 is 1. The lowest BCUT2D eigenvalue weighted by molar-refractivity contribution is -0.131. The molecule has 4 aromatic rings. The van der Waals surface area contributed by atoms with Crippen molar-refractivity contribution in [1.29, 1.82) is 0 Å². The monoisotopic (exact) mass is 687 g/mol. The Bertz CT molecular complexity index is 1790. The number of ether oxygens (including phenoxy) is 2. The van der Waals surface area contributed by atoms with E-state index in [-0.39, 0.29) is 29.5 Å². The van der Waals surface area contributed by atoms with E-state index in [9.17, 15) is 14.7 Å². The summed E-state index contributed by atoms with van der Waals surface area (Å²) in [5.74, 6) is 0.0952. The van der Waals surface area contributed by atoms with Crippen molar-refractivity contribution in [2.45, 2.75) is 51.7 Å². The molecule has 1 N–H and O–H groups in total. The van der Waals surface area contributed by atoms with Crippen LogP contribution in [0, 0.1) is 5.92 Å². The quantitative estimate of drug-likeness (QED) is 0.127. The highest BCUT2D eigenvalue weighted by atomic mass is 79.9. The van der Waals surface area contributed by atoms with Crippen LogP contribution >= 0.6 is 15.9 Å². The molecule has 1 aliphatic heterocycles. The number of rotatable bonds is 7. The molecule has 0 saturated carbocycles. The number of aromatic nitrogens is 2. The second-order valence-electron chi connectivity index (χ2n) is 12.7. The maximum absolute atomic E-state index is 12.5. The third-order valence-corrected chi connectivity index (χ3v) is 9.58. The first-order valence-electron chi connectivity index (χ1n) is 15.5. The van der Waals surface area contributed by atoms with E-state index in [4.69, 9.17) is 9.47 Å². The minimum absolute atomic E-state index is 0.0217. The Kier molecular flexibility index (Phi) is 10.2. The molecule has 8 nitrogen and oxygen atoms in total. The van der Waals surface area contributed by atoms with Crippen LogP contribution in [0.15, 0.2) is 77.2 Å². The van der Waals surface area contributed by atoms with Crippen molar-refractivity contribution in [3.63, 3.8) is 0 Å². The molecule has 9 heteroatoms. The van der Waals surface area contributed by atoms with Crippen molar-refractivity contribution in [2.24, 2.45) is 13.0 Å². The van der Waals surface area contributed by atoms with E-state index >= 15 is 0 Å². The van der Waals surface area contributed by atoms with Crippen LogP contribution in [-0.2, 0) is 35.0 Å². The van der Waals surface area contributed by atoms with E-state index in [1.54, 1.807) is 30.5 Å². The number of pyridine rings is 1. The van der Waals surface area contributed by atoms with Crippen LogP contribution in [0.5, 0.6) is 5.75 Å². The fourth-order valence-corrected chi connectivity index (χ4v) is 7.27. The lowest BCUT2D eigenvalue weighted by Crippen LogP contribution is -2.59. The summed E-state index contributed by atoms with van der Waals surface area (Å²) in [6, 6.07) is 13.4. The van der Waals surface area contributed by atoms with Crippen molar-refractivity contribution >= 4 is 38.6 Å². The molecule has 1 aliphatic carbocycles. The summed E-state index contributed by atoms with van der Waals surface area (Å²) >= 11 is 3.35. The number of carbonyl (C=O) groups is 2. The zero-order valence-corrected chi connectivity index (χ0v) is 28.9. The molecule has 0 amide bonds. The SMILES string of the molecule is CC(=O)c1ccc(O)c(CC=C(C)C)c1.COC12CC(COC(=O)c3cncc(Br)c3)CN(C)C1Cc1cn(C)c3cccc2c13. The van der Waals surface area contributed by atoms with Crippen LogP contribution in [0.25, 0.3) is 10.9 Å². The summed E-state index contributed by atoms with van der Waals surface area (Å²) in [6.45, 7) is 6.75. The molecule has 0 bridgehead atoms. The van der Waals surface area contributed by atoms with Crippen LogP contribution in [0.4, 0.5) is 0 Å². The van der Waals surface area contributed by atoms with E-state index in [2.05, 4.69) is 68.9 Å². The van der Waals surface area contributed by atoms with Crippen molar-refractivity contribution in [3.8, 4) is 5.75 Å². The number of likely N-dealkylation sites (N-methyl/N-ethyl adjacent to an activating group) is 1. The minimum Gasteiger partial charge on any atom is -0.508 e. The molecule has 0 radical (unpaired) electrons. The first-order chi connectivity index (χ1) is 21.9. The highest BCUT2D eigenvalue weighted by Gasteiger charge is 2.51. The number of nitrogens with zero attached hydrogens (tertiary/aromatic N) is 3. The van der Waals surface area contributed by atoms with Gasteiger partial charge in [0.2, 0.25) is 0 Å². The second-order valence-corrected chi connectivity index (χ2v) is 13.6. The van der Waals surface area contributed by atoms with Gasteiger partial charge in [-0.3, -0.25) is 14.7 Å². The predicted molar refractivity (Wildman–Crippen MR) is 183 cm³/mol. The zero-order valence-electron chi connectivity index (χ0n) is 27.3. The van der Waals surface area contributed by atoms with Crippen LogP contribution in [0.3, 0.4) is 0 Å². The topological polar surface area (TPSA) is 93.9 Å². The van der Waals surface area contributed by atoms with Gasteiger partial charge in [0.1, 0.15) is 11.4 Å². The standard InChI is InChI=1S/C24H26BrN3O3.C13H16O2/c1-27-13-17-8-21-24(30-3,19-5-4-6-20(27)22(17)19)9-15(12-28(21)2)14-31-23(29)16-7-18(25)11-26-10-16;1-9(2)4-5-12-8-11(10(3)14)6-7-13(12)15/h4-7,10-11,13,15,21H,8-9,12,14H2,1-3H3;4,6-8,15H,5H2,1-3H3. The third kappa shape index (κ3) is 6.82. The number of allylic oxidation sites excluding steroid dienone is 2. The van der Waals surface area contributed by atoms with Gasteiger partial charge in [0.25, 0.3) is 0 Å². The Balaban J connectivity index is 0.000000235. The summed E-state index contributed by atoms with van der Waals surface area (Å²) in [4.78, 5) is 30.1. The number of esters is 1. The number of aryl methyl sites for hydroxylation is 1. The van der Waals surface area contributed by atoms with Gasteiger partial charge >= 0.3 is 5.97 Å². The molecule has 1 fully saturated rings. The zero-order chi connectivity index (χ0) is 33.2. The average Bonchev–Trinajstić information content (AvgIpc) is 3.36. The summed E-state index contributed by atoms with van der Waals surface area (Å²) in [5, 5.41) is 10.9. The van der Waals surface area contributed by atoms with Crippen molar-refractivity contribution < 1.29 is 24.2 Å². The number of aromatic hydroxyl groups is 1. The van der Waals surface area contributed by atoms with Crippen LogP contribution < -0.4 is 0 Å². The number of phenolic OH excluding ortho intramolecular Hbond substituents is 1. The number of ketones is 1. The number of phenols is 1. The fraction of sp³-hybridized carbons (Fsp3) is 0.378. The van der Waals surface area contributed by atoms with E-state index in [1.165, 1.54) is 40.7 Å². The maximum atomic E-state index is 12.5. The van der Waals surface area contributed by atoms with Crippen LogP contribution in [0.2, 0.25) is 0 Å². The van der Waals surface area contributed by atoms with E-state index in [0.717, 1.165) is 29.4 Å². The van der Waals surface area contributed by atoms with Gasteiger partial charge in [0.05, 0.1) is 12.2 Å². The molecule has 2 aromatic carbocycles. The minimum atomic E-state index is -0.421. The highest BCUT2D eigenvalue weighted by Crippen LogP contribution is 2.49. The number of hydrogen-bond acceptors (Lipinski definition) is 7. The number of piperidine rings is 1. The molecule has 0 spiro atoms. The Morgan fingerprint density at radius 3 is 2.59 bits per heavy atom. The maximum Gasteiger partial charge on any atom is 0.339 e. The molecule has 3 atom stereocenters. The first-order valence-corrected chi connectivity index (χ1v) is 16.3. The van der Waals surface area contributed by atoms with Gasteiger partial charge in [-0.05, 0) is 110 Å². The van der Waals surface area contributed by atoms with Gasteiger partial charge in [-0.2, -0.15) is 0 Å². The van der Waals surface area contributed by atoms with E-state index in [1.807, 2.05) is 27.0 Å². The Morgan fingerprint density at radius 2 is 1.89 bits per heavy atom.